The minimum atomic E-state index is -2.28. The molecule has 0 fully saturated rings. The summed E-state index contributed by atoms with van der Waals surface area (Å²) in [5.74, 6) is -4.15. The van der Waals surface area contributed by atoms with Gasteiger partial charge in [0.05, 0.1) is 18.9 Å². The van der Waals surface area contributed by atoms with Crippen molar-refractivity contribution in [2.75, 3.05) is 7.11 Å². The largest absolute Gasteiger partial charge is 0.497 e. The number of nitrogens with one attached hydrogen (secondary N) is 1. The smallest absolute Gasteiger partial charge is 0.379 e. The fourth-order valence-corrected chi connectivity index (χ4v) is 5.58. The fourth-order valence-electron chi connectivity index (χ4n) is 5.58. The summed E-state index contributed by atoms with van der Waals surface area (Å²) >= 11 is 0. The number of hydrogen-bond donors (Lipinski definition) is 1. The highest BCUT2D eigenvalue weighted by Gasteiger charge is 2.56. The standard InChI is InChI=1S/C36H39N3O7/c1-23(2)31-34(43)39(36(37-25(5)40,21-26-14-9-7-10-15-26)32(41)35(44)46-24(3)4)30(28-18-13-19-29(20-28)45-6)22-38(31)33(42)27-16-11-8-12-17-27/h7-20,22-24,31H,21H2,1-6H3,(H,37,40)/t31?,36-/m0/s1. The molecule has 4 rings (SSSR count). The number of rotatable bonds is 11. The van der Waals surface area contributed by atoms with E-state index in [1.54, 1.807) is 113 Å². The summed E-state index contributed by atoms with van der Waals surface area (Å²) in [6.45, 7) is 7.95. The van der Waals surface area contributed by atoms with Crippen LogP contribution < -0.4 is 10.1 Å². The van der Waals surface area contributed by atoms with E-state index in [2.05, 4.69) is 5.32 Å². The molecule has 3 aromatic rings. The molecule has 10 heteroatoms. The van der Waals surface area contributed by atoms with Crippen molar-refractivity contribution in [3.05, 3.63) is 108 Å². The molecule has 0 bridgehead atoms. The molecular formula is C36H39N3O7. The van der Waals surface area contributed by atoms with E-state index in [9.17, 15) is 19.2 Å². The molecule has 1 aliphatic rings. The summed E-state index contributed by atoms with van der Waals surface area (Å²) in [5.41, 5.74) is -0.873. The van der Waals surface area contributed by atoms with Crippen LogP contribution in [0.25, 0.3) is 5.70 Å². The van der Waals surface area contributed by atoms with Crippen LogP contribution in [0.5, 0.6) is 5.75 Å². The maximum atomic E-state index is 15.0. The van der Waals surface area contributed by atoms with Crippen molar-refractivity contribution in [1.82, 2.24) is 15.1 Å². The lowest BCUT2D eigenvalue weighted by atomic mass is 9.87. The molecule has 2 atom stereocenters. The van der Waals surface area contributed by atoms with Crippen molar-refractivity contribution in [3.63, 3.8) is 0 Å². The molecule has 0 spiro atoms. The summed E-state index contributed by atoms with van der Waals surface area (Å²) in [7, 11) is 1.49. The number of carbonyl (C=O) groups is 5. The first-order valence-corrected chi connectivity index (χ1v) is 15.1. The highest BCUT2D eigenvalue weighted by Crippen LogP contribution is 2.38. The maximum Gasteiger partial charge on any atom is 0.379 e. The fraction of sp³-hybridized carbons (Fsp3) is 0.306. The van der Waals surface area contributed by atoms with Gasteiger partial charge in [-0.15, -0.1) is 0 Å². The van der Waals surface area contributed by atoms with Gasteiger partial charge in [0, 0.05) is 30.7 Å². The van der Waals surface area contributed by atoms with E-state index in [0.717, 1.165) is 4.90 Å². The second-order valence-electron chi connectivity index (χ2n) is 11.7. The number of nitrogens with zero attached hydrogens (tertiary/aromatic N) is 2. The summed E-state index contributed by atoms with van der Waals surface area (Å²) in [6, 6.07) is 22.9. The zero-order valence-corrected chi connectivity index (χ0v) is 26.9. The van der Waals surface area contributed by atoms with Crippen molar-refractivity contribution in [1.29, 1.82) is 0 Å². The molecule has 1 N–H and O–H groups in total. The van der Waals surface area contributed by atoms with Gasteiger partial charge in [0.2, 0.25) is 5.91 Å². The summed E-state index contributed by atoms with van der Waals surface area (Å²) in [6.07, 6.45) is 0.569. The zero-order chi connectivity index (χ0) is 33.6. The van der Waals surface area contributed by atoms with E-state index >= 15 is 4.79 Å². The van der Waals surface area contributed by atoms with Crippen LogP contribution in [0.3, 0.4) is 0 Å². The van der Waals surface area contributed by atoms with Gasteiger partial charge in [-0.1, -0.05) is 74.5 Å². The molecule has 1 unspecified atom stereocenters. The number of Topliss-reactive ketones (excluding diaryl/α,β-unsaturated/α-hetero) is 1. The summed E-state index contributed by atoms with van der Waals surface area (Å²) < 4.78 is 10.8. The normalized spacial score (nSPS) is 16.0. The molecule has 0 aliphatic carbocycles. The molecule has 3 amide bonds. The Morgan fingerprint density at radius 1 is 0.891 bits per heavy atom. The van der Waals surface area contributed by atoms with Gasteiger partial charge in [-0.2, -0.15) is 0 Å². The number of ether oxygens (including phenoxy) is 2. The third-order valence-corrected chi connectivity index (χ3v) is 7.50. The molecule has 0 aromatic heterocycles. The third kappa shape index (κ3) is 7.01. The number of esters is 1. The van der Waals surface area contributed by atoms with Gasteiger partial charge < -0.3 is 19.7 Å². The molecule has 0 radical (unpaired) electrons. The minimum absolute atomic E-state index is 0.0976. The lowest BCUT2D eigenvalue weighted by Crippen LogP contribution is -2.72. The lowest BCUT2D eigenvalue weighted by molar-refractivity contribution is -0.165. The number of carbonyl (C=O) groups excluding carboxylic acids is 5. The van der Waals surface area contributed by atoms with E-state index in [-0.39, 0.29) is 12.1 Å². The van der Waals surface area contributed by atoms with Crippen molar-refractivity contribution < 1.29 is 33.4 Å². The molecular weight excluding hydrogens is 586 g/mol. The number of methoxy groups -OCH3 is 1. The van der Waals surface area contributed by atoms with E-state index < -0.39 is 53.2 Å². The van der Waals surface area contributed by atoms with Crippen LogP contribution in [0, 0.1) is 5.92 Å². The molecule has 3 aromatic carbocycles. The van der Waals surface area contributed by atoms with Gasteiger partial charge in [0.15, 0.2) is 5.66 Å². The van der Waals surface area contributed by atoms with E-state index in [1.807, 2.05) is 0 Å². The van der Waals surface area contributed by atoms with Crippen LogP contribution in [-0.2, 0) is 30.3 Å². The molecule has 1 heterocycles. The third-order valence-electron chi connectivity index (χ3n) is 7.50. The minimum Gasteiger partial charge on any atom is -0.497 e. The second-order valence-corrected chi connectivity index (χ2v) is 11.7. The number of hydrogen-bond acceptors (Lipinski definition) is 7. The number of amides is 3. The zero-order valence-electron chi connectivity index (χ0n) is 26.9. The van der Waals surface area contributed by atoms with Gasteiger partial charge in [0.1, 0.15) is 11.8 Å². The van der Waals surface area contributed by atoms with Crippen LogP contribution in [0.4, 0.5) is 0 Å². The Balaban J connectivity index is 2.08. The Kier molecular flexibility index (Phi) is 10.4. The van der Waals surface area contributed by atoms with Gasteiger partial charge in [0.25, 0.3) is 17.6 Å². The molecule has 0 saturated carbocycles. The van der Waals surface area contributed by atoms with Gasteiger partial charge in [-0.25, -0.2) is 4.79 Å². The first kappa shape index (κ1) is 33.6. The quantitative estimate of drug-likeness (QED) is 0.244. The van der Waals surface area contributed by atoms with Crippen LogP contribution in [-0.4, -0.2) is 64.2 Å². The first-order chi connectivity index (χ1) is 21.9. The predicted octanol–water partition coefficient (Wildman–Crippen LogP) is 4.60. The average molecular weight is 626 g/mol. The van der Waals surface area contributed by atoms with Crippen LogP contribution in [0.2, 0.25) is 0 Å². The van der Waals surface area contributed by atoms with Crippen LogP contribution >= 0.6 is 0 Å². The highest BCUT2D eigenvalue weighted by molar-refractivity contribution is 6.38. The average Bonchev–Trinajstić information content (AvgIpc) is 3.03. The Bertz CT molecular complexity index is 1640. The molecule has 240 valence electrons. The maximum absolute atomic E-state index is 15.0. The first-order valence-electron chi connectivity index (χ1n) is 15.1. The molecule has 0 saturated heterocycles. The summed E-state index contributed by atoms with van der Waals surface area (Å²) in [5, 5.41) is 2.70. The summed E-state index contributed by atoms with van der Waals surface area (Å²) in [4.78, 5) is 72.5. The Labute approximate surface area is 269 Å². The Hall–Kier alpha value is -5.25. The van der Waals surface area contributed by atoms with Crippen molar-refractivity contribution in [2.45, 2.75) is 58.8 Å². The van der Waals surface area contributed by atoms with Crippen LogP contribution in [0.15, 0.2) is 91.1 Å². The number of ketones is 1. The van der Waals surface area contributed by atoms with E-state index in [1.165, 1.54) is 25.1 Å². The Morgan fingerprint density at radius 3 is 2.09 bits per heavy atom. The topological polar surface area (TPSA) is 122 Å². The van der Waals surface area contributed by atoms with E-state index in [0.29, 0.717) is 22.4 Å². The Morgan fingerprint density at radius 2 is 1.52 bits per heavy atom. The molecule has 1 aliphatic heterocycles. The predicted molar refractivity (Wildman–Crippen MR) is 172 cm³/mol. The van der Waals surface area contributed by atoms with Gasteiger partial charge >= 0.3 is 5.97 Å². The molecule has 46 heavy (non-hydrogen) atoms. The monoisotopic (exact) mass is 625 g/mol. The molecule has 10 nitrogen and oxygen atoms in total. The van der Waals surface area contributed by atoms with E-state index in [4.69, 9.17) is 9.47 Å². The van der Waals surface area contributed by atoms with Crippen molar-refractivity contribution in [3.8, 4) is 5.75 Å². The van der Waals surface area contributed by atoms with Crippen molar-refractivity contribution in [2.24, 2.45) is 5.92 Å². The van der Waals surface area contributed by atoms with Gasteiger partial charge in [-0.3, -0.25) is 24.1 Å². The van der Waals surface area contributed by atoms with Gasteiger partial charge in [-0.05, 0) is 49.6 Å². The van der Waals surface area contributed by atoms with Crippen molar-refractivity contribution >= 4 is 35.2 Å². The number of benzene rings is 3. The highest BCUT2D eigenvalue weighted by atomic mass is 16.5. The second kappa shape index (κ2) is 14.2. The SMILES string of the molecule is COc1cccc(C2=CN(C(=O)c3ccccc3)C(C(C)C)C(=O)N2[C@](Cc2ccccc2)(NC(C)=O)C(=O)C(=O)OC(C)C)c1. The lowest BCUT2D eigenvalue weighted by Gasteiger charge is -2.49. The van der Waals surface area contributed by atoms with Crippen LogP contribution in [0.1, 0.15) is 56.1 Å².